The molecule has 3 rings (SSSR count). The molecule has 2 atom stereocenters. The van der Waals surface area contributed by atoms with E-state index in [1.54, 1.807) is 0 Å². The van der Waals surface area contributed by atoms with Crippen LogP contribution in [0.5, 0.6) is 0 Å². The molecule has 1 heterocycles. The van der Waals surface area contributed by atoms with Gasteiger partial charge in [-0.3, -0.25) is 0 Å². The minimum absolute atomic E-state index is 0.519. The zero-order chi connectivity index (χ0) is 14.2. The van der Waals surface area contributed by atoms with Gasteiger partial charge in [0.25, 0.3) is 0 Å². The summed E-state index contributed by atoms with van der Waals surface area (Å²) in [6, 6.07) is 2.19. The predicted molar refractivity (Wildman–Crippen MR) is 83.0 cm³/mol. The molecule has 0 aromatic rings. The summed E-state index contributed by atoms with van der Waals surface area (Å²) >= 11 is 0. The predicted octanol–water partition coefficient (Wildman–Crippen LogP) is 2.80. The van der Waals surface area contributed by atoms with Crippen molar-refractivity contribution in [1.82, 2.24) is 10.2 Å². The molecule has 1 N–H and O–H groups in total. The van der Waals surface area contributed by atoms with Gasteiger partial charge in [0.05, 0.1) is 6.10 Å². The van der Waals surface area contributed by atoms with Gasteiger partial charge in [0, 0.05) is 30.1 Å². The first-order valence-electron chi connectivity index (χ1n) is 8.77. The van der Waals surface area contributed by atoms with Crippen molar-refractivity contribution in [1.29, 1.82) is 0 Å². The Morgan fingerprint density at radius 3 is 2.45 bits per heavy atom. The number of nitrogens with zero attached hydrogens (tertiary/aromatic N) is 1. The lowest BCUT2D eigenvalue weighted by Crippen LogP contribution is -2.68. The number of nitrogens with one attached hydrogen (secondary N) is 1. The lowest BCUT2D eigenvalue weighted by molar-refractivity contribution is -0.175. The van der Waals surface area contributed by atoms with Crippen LogP contribution >= 0.6 is 0 Å². The van der Waals surface area contributed by atoms with E-state index in [0.29, 0.717) is 17.6 Å². The number of rotatable bonds is 5. The summed E-state index contributed by atoms with van der Waals surface area (Å²) in [5.74, 6) is 0. The Morgan fingerprint density at radius 2 is 1.95 bits per heavy atom. The van der Waals surface area contributed by atoms with Crippen LogP contribution in [0.4, 0.5) is 0 Å². The first kappa shape index (κ1) is 14.8. The van der Waals surface area contributed by atoms with Gasteiger partial charge in [-0.15, -0.1) is 0 Å². The van der Waals surface area contributed by atoms with Gasteiger partial charge in [0.1, 0.15) is 0 Å². The fourth-order valence-corrected chi connectivity index (χ4v) is 4.54. The topological polar surface area (TPSA) is 24.5 Å². The SMILES string of the molecule is CCO[C@H]1C[C@@H](NC2CCN(C(C)C)CC2)C12CCC2. The van der Waals surface area contributed by atoms with Crippen molar-refractivity contribution in [3.63, 3.8) is 0 Å². The highest BCUT2D eigenvalue weighted by Crippen LogP contribution is 2.57. The first-order chi connectivity index (χ1) is 9.65. The number of hydrogen-bond donors (Lipinski definition) is 1. The van der Waals surface area contributed by atoms with E-state index >= 15 is 0 Å². The summed E-state index contributed by atoms with van der Waals surface area (Å²) in [7, 11) is 0. The summed E-state index contributed by atoms with van der Waals surface area (Å²) < 4.78 is 5.96. The minimum atomic E-state index is 0.519. The van der Waals surface area contributed by atoms with Crippen LogP contribution in [0.1, 0.15) is 59.3 Å². The smallest absolute Gasteiger partial charge is 0.0661 e. The van der Waals surface area contributed by atoms with Crippen LogP contribution in [0.3, 0.4) is 0 Å². The fourth-order valence-electron chi connectivity index (χ4n) is 4.54. The zero-order valence-electron chi connectivity index (χ0n) is 13.5. The Kier molecular flexibility index (Phi) is 4.40. The molecule has 2 saturated carbocycles. The van der Waals surface area contributed by atoms with E-state index < -0.39 is 0 Å². The third-order valence-electron chi connectivity index (χ3n) is 6.13. The van der Waals surface area contributed by atoms with E-state index in [0.717, 1.165) is 18.7 Å². The van der Waals surface area contributed by atoms with Crippen LogP contribution < -0.4 is 5.32 Å². The van der Waals surface area contributed by atoms with Crippen molar-refractivity contribution in [2.75, 3.05) is 19.7 Å². The molecule has 1 saturated heterocycles. The second-order valence-electron chi connectivity index (χ2n) is 7.39. The molecule has 3 nitrogen and oxygen atoms in total. The highest BCUT2D eigenvalue weighted by Gasteiger charge is 2.59. The maximum Gasteiger partial charge on any atom is 0.0661 e. The third kappa shape index (κ3) is 2.53. The maximum atomic E-state index is 5.96. The molecule has 1 aliphatic heterocycles. The van der Waals surface area contributed by atoms with Gasteiger partial charge in [-0.2, -0.15) is 0 Å². The lowest BCUT2D eigenvalue weighted by Gasteiger charge is -2.62. The van der Waals surface area contributed by atoms with E-state index in [1.165, 1.54) is 51.6 Å². The Balaban J connectivity index is 1.48. The number of likely N-dealkylation sites (tertiary alicyclic amines) is 1. The van der Waals surface area contributed by atoms with Crippen LogP contribution in [0.15, 0.2) is 0 Å². The van der Waals surface area contributed by atoms with E-state index in [4.69, 9.17) is 4.74 Å². The Hall–Kier alpha value is -0.120. The second kappa shape index (κ2) is 5.94. The van der Waals surface area contributed by atoms with Gasteiger partial charge in [0.15, 0.2) is 0 Å². The standard InChI is InChI=1S/C17H32N2O/c1-4-20-16-12-15(17(16)8-5-9-17)18-14-6-10-19(11-7-14)13(2)3/h13-16,18H,4-12H2,1-3H3/t15-,16+/m1/s1. The average molecular weight is 280 g/mol. The van der Waals surface area contributed by atoms with Crippen molar-refractivity contribution in [3.05, 3.63) is 0 Å². The van der Waals surface area contributed by atoms with Gasteiger partial charge in [-0.1, -0.05) is 6.42 Å². The Labute approximate surface area is 124 Å². The van der Waals surface area contributed by atoms with Gasteiger partial charge < -0.3 is 15.0 Å². The molecule has 116 valence electrons. The molecular formula is C17H32N2O. The Bertz CT molecular complexity index is 319. The summed E-state index contributed by atoms with van der Waals surface area (Å²) in [6.07, 6.45) is 8.63. The third-order valence-corrected chi connectivity index (χ3v) is 6.13. The first-order valence-corrected chi connectivity index (χ1v) is 8.77. The van der Waals surface area contributed by atoms with Crippen molar-refractivity contribution in [3.8, 4) is 0 Å². The summed E-state index contributed by atoms with van der Waals surface area (Å²) in [4.78, 5) is 2.61. The molecule has 0 radical (unpaired) electrons. The molecule has 3 fully saturated rings. The van der Waals surface area contributed by atoms with Gasteiger partial charge in [-0.05, 0) is 66.0 Å². The largest absolute Gasteiger partial charge is 0.378 e. The molecule has 2 aliphatic carbocycles. The zero-order valence-corrected chi connectivity index (χ0v) is 13.5. The van der Waals surface area contributed by atoms with E-state index in [9.17, 15) is 0 Å². The second-order valence-corrected chi connectivity index (χ2v) is 7.39. The van der Waals surface area contributed by atoms with Crippen molar-refractivity contribution < 1.29 is 4.74 Å². The molecule has 0 aromatic heterocycles. The average Bonchev–Trinajstić information content (AvgIpc) is 2.36. The molecule has 0 unspecified atom stereocenters. The van der Waals surface area contributed by atoms with E-state index in [2.05, 4.69) is 31.0 Å². The van der Waals surface area contributed by atoms with Crippen molar-refractivity contribution in [2.45, 2.75) is 83.5 Å². The molecule has 3 aliphatic rings. The van der Waals surface area contributed by atoms with E-state index in [1.807, 2.05) is 0 Å². The van der Waals surface area contributed by atoms with E-state index in [-0.39, 0.29) is 0 Å². The molecule has 3 heteroatoms. The molecule has 0 amide bonds. The molecule has 0 aromatic carbocycles. The highest BCUT2D eigenvalue weighted by molar-refractivity contribution is 5.12. The molecule has 0 bridgehead atoms. The summed E-state index contributed by atoms with van der Waals surface area (Å²) in [6.45, 7) is 10.2. The van der Waals surface area contributed by atoms with Crippen LogP contribution in [-0.4, -0.2) is 48.8 Å². The van der Waals surface area contributed by atoms with Crippen LogP contribution in [0.2, 0.25) is 0 Å². The van der Waals surface area contributed by atoms with Gasteiger partial charge in [-0.25, -0.2) is 0 Å². The van der Waals surface area contributed by atoms with Gasteiger partial charge in [0.2, 0.25) is 0 Å². The molecule has 20 heavy (non-hydrogen) atoms. The quantitative estimate of drug-likeness (QED) is 0.838. The number of piperidine rings is 1. The monoisotopic (exact) mass is 280 g/mol. The normalized spacial score (nSPS) is 34.2. The van der Waals surface area contributed by atoms with Crippen molar-refractivity contribution >= 4 is 0 Å². The number of hydrogen-bond acceptors (Lipinski definition) is 3. The van der Waals surface area contributed by atoms with Crippen LogP contribution in [0, 0.1) is 5.41 Å². The lowest BCUT2D eigenvalue weighted by atomic mass is 9.51. The summed E-state index contributed by atoms with van der Waals surface area (Å²) in [5, 5.41) is 3.99. The minimum Gasteiger partial charge on any atom is -0.378 e. The highest BCUT2D eigenvalue weighted by atomic mass is 16.5. The molecule has 1 spiro atoms. The maximum absolute atomic E-state index is 5.96. The van der Waals surface area contributed by atoms with Gasteiger partial charge >= 0.3 is 0 Å². The van der Waals surface area contributed by atoms with Crippen molar-refractivity contribution in [2.24, 2.45) is 5.41 Å². The summed E-state index contributed by atoms with van der Waals surface area (Å²) in [5.41, 5.74) is 0.519. The number of ether oxygens (including phenoxy) is 1. The fraction of sp³-hybridized carbons (Fsp3) is 1.00. The van der Waals surface area contributed by atoms with Crippen LogP contribution in [-0.2, 0) is 4.74 Å². The Morgan fingerprint density at radius 1 is 1.25 bits per heavy atom. The van der Waals surface area contributed by atoms with Crippen LogP contribution in [0.25, 0.3) is 0 Å². The molecular weight excluding hydrogens is 248 g/mol.